The van der Waals surface area contributed by atoms with Crippen LogP contribution in [0.3, 0.4) is 0 Å². The smallest absolute Gasteiger partial charge is 0.304 e. The number of hydrogen-bond donors (Lipinski definition) is 1. The number of halogens is 1. The van der Waals surface area contributed by atoms with Crippen molar-refractivity contribution in [3.05, 3.63) is 101 Å². The quantitative estimate of drug-likeness (QED) is 0.372. The zero-order valence-corrected chi connectivity index (χ0v) is 23.4. The number of benzene rings is 3. The van der Waals surface area contributed by atoms with Gasteiger partial charge in [-0.15, -0.1) is 0 Å². The van der Waals surface area contributed by atoms with E-state index >= 15 is 0 Å². The molecule has 1 N–H and O–H groups in total. The predicted octanol–water partition coefficient (Wildman–Crippen LogP) is 3.45. The molecule has 0 radical (unpaired) electrons. The van der Waals surface area contributed by atoms with Crippen molar-refractivity contribution < 1.29 is 18.0 Å². The monoisotopic (exact) mass is 586 g/mol. The van der Waals surface area contributed by atoms with Crippen LogP contribution in [-0.4, -0.2) is 63.2 Å². The number of carbonyl (C=O) groups excluding carboxylic acids is 2. The molecule has 8 nitrogen and oxygen atoms in total. The molecule has 2 amide bonds. The molecule has 0 saturated carbocycles. The molecule has 0 aliphatic heterocycles. The summed E-state index contributed by atoms with van der Waals surface area (Å²) in [5.74, 6) is -0.835. The molecular formula is C27H31BrN4O4S. The molecule has 0 fully saturated rings. The molecule has 0 saturated heterocycles. The third-order valence-corrected chi connectivity index (χ3v) is 8.20. The highest BCUT2D eigenvalue weighted by atomic mass is 79.9. The highest BCUT2D eigenvalue weighted by molar-refractivity contribution is 9.10. The van der Waals surface area contributed by atoms with Crippen LogP contribution < -0.4 is 9.62 Å². The number of carbonyl (C=O) groups is 2. The van der Waals surface area contributed by atoms with Crippen LogP contribution in [0.25, 0.3) is 0 Å². The second-order valence-corrected chi connectivity index (χ2v) is 11.6. The first-order chi connectivity index (χ1) is 17.6. The van der Waals surface area contributed by atoms with Crippen LogP contribution in [-0.2, 0) is 32.8 Å². The predicted molar refractivity (Wildman–Crippen MR) is 149 cm³/mol. The van der Waals surface area contributed by atoms with E-state index in [1.807, 2.05) is 54.6 Å². The summed E-state index contributed by atoms with van der Waals surface area (Å²) in [6, 6.07) is 24.4. The zero-order valence-electron chi connectivity index (χ0n) is 21.0. The van der Waals surface area contributed by atoms with Gasteiger partial charge in [0.05, 0.1) is 5.69 Å². The highest BCUT2D eigenvalue weighted by Gasteiger charge is 2.34. The van der Waals surface area contributed by atoms with Crippen molar-refractivity contribution in [2.75, 3.05) is 32.0 Å². The Hall–Kier alpha value is -3.21. The SMILES string of the molecule is CNC(=O)[C@@H](Cc1ccccc1)N(Cc1ccc(Br)cc1)C(=O)CN(c1ccccc1)S(=O)(=O)N(C)C. The Morgan fingerprint density at radius 3 is 1.97 bits per heavy atom. The third kappa shape index (κ3) is 7.41. The Balaban J connectivity index is 2.04. The lowest BCUT2D eigenvalue weighted by Gasteiger charge is -2.34. The van der Waals surface area contributed by atoms with Crippen molar-refractivity contribution in [3.63, 3.8) is 0 Å². The maximum Gasteiger partial charge on any atom is 0.304 e. The van der Waals surface area contributed by atoms with Gasteiger partial charge >= 0.3 is 10.2 Å². The molecule has 3 aromatic rings. The van der Waals surface area contributed by atoms with Crippen LogP contribution in [0, 0.1) is 0 Å². The number of nitrogens with one attached hydrogen (secondary N) is 1. The van der Waals surface area contributed by atoms with Crippen molar-refractivity contribution in [3.8, 4) is 0 Å². The van der Waals surface area contributed by atoms with Gasteiger partial charge in [-0.25, -0.2) is 4.31 Å². The van der Waals surface area contributed by atoms with Gasteiger partial charge in [0, 0.05) is 38.6 Å². The van der Waals surface area contributed by atoms with Gasteiger partial charge in [-0.05, 0) is 35.4 Å². The molecule has 3 rings (SSSR count). The summed E-state index contributed by atoms with van der Waals surface area (Å²) in [5, 5.41) is 2.67. The van der Waals surface area contributed by atoms with Crippen molar-refractivity contribution in [1.82, 2.24) is 14.5 Å². The lowest BCUT2D eigenvalue weighted by Crippen LogP contribution is -2.53. The zero-order chi connectivity index (χ0) is 27.0. The van der Waals surface area contributed by atoms with E-state index in [1.54, 1.807) is 30.3 Å². The van der Waals surface area contributed by atoms with E-state index < -0.39 is 28.7 Å². The van der Waals surface area contributed by atoms with Crippen LogP contribution in [0.4, 0.5) is 5.69 Å². The minimum atomic E-state index is -4.00. The number of likely N-dealkylation sites (N-methyl/N-ethyl adjacent to an activating group) is 1. The Labute approximate surface area is 227 Å². The van der Waals surface area contributed by atoms with Gasteiger partial charge < -0.3 is 10.2 Å². The van der Waals surface area contributed by atoms with Crippen LogP contribution in [0.5, 0.6) is 0 Å². The van der Waals surface area contributed by atoms with E-state index in [-0.39, 0.29) is 18.9 Å². The fraction of sp³-hybridized carbons (Fsp3) is 0.259. The number of amides is 2. The molecule has 0 spiro atoms. The van der Waals surface area contributed by atoms with Gasteiger partial charge in [-0.1, -0.05) is 76.6 Å². The molecule has 0 unspecified atom stereocenters. The minimum Gasteiger partial charge on any atom is -0.357 e. The largest absolute Gasteiger partial charge is 0.357 e. The number of hydrogen-bond acceptors (Lipinski definition) is 4. The normalized spacial score (nSPS) is 12.1. The van der Waals surface area contributed by atoms with Gasteiger partial charge in [0.25, 0.3) is 0 Å². The Morgan fingerprint density at radius 1 is 0.865 bits per heavy atom. The Bertz CT molecular complexity index is 1290. The standard InChI is InChI=1S/C27H31BrN4O4S/c1-29-27(34)25(18-21-10-6-4-7-11-21)31(19-22-14-16-23(28)17-15-22)26(33)20-32(37(35,36)30(2)3)24-12-8-5-9-13-24/h4-17,25H,18-20H2,1-3H3,(H,29,34)/t25-/m1/s1. The van der Waals surface area contributed by atoms with E-state index in [0.29, 0.717) is 5.69 Å². The summed E-state index contributed by atoms with van der Waals surface area (Å²) < 4.78 is 29.5. The molecule has 0 bridgehead atoms. The van der Waals surface area contributed by atoms with Crippen molar-refractivity contribution in [2.24, 2.45) is 0 Å². The van der Waals surface area contributed by atoms with Crippen molar-refractivity contribution in [2.45, 2.75) is 19.0 Å². The molecule has 0 aromatic heterocycles. The van der Waals surface area contributed by atoms with Crippen molar-refractivity contribution in [1.29, 1.82) is 0 Å². The topological polar surface area (TPSA) is 90.0 Å². The summed E-state index contributed by atoms with van der Waals surface area (Å²) in [5.41, 5.74) is 2.04. The van der Waals surface area contributed by atoms with Gasteiger partial charge in [0.2, 0.25) is 11.8 Å². The number of para-hydroxylation sites is 1. The molecule has 0 aliphatic carbocycles. The van der Waals surface area contributed by atoms with E-state index in [4.69, 9.17) is 0 Å². The van der Waals surface area contributed by atoms with Gasteiger partial charge in [0.1, 0.15) is 12.6 Å². The van der Waals surface area contributed by atoms with Crippen LogP contribution in [0.2, 0.25) is 0 Å². The summed E-state index contributed by atoms with van der Waals surface area (Å²) in [7, 11) is 0.356. The van der Waals surface area contributed by atoms with Gasteiger partial charge in [0.15, 0.2) is 0 Å². The highest BCUT2D eigenvalue weighted by Crippen LogP contribution is 2.22. The molecule has 196 valence electrons. The summed E-state index contributed by atoms with van der Waals surface area (Å²) in [4.78, 5) is 28.5. The molecular weight excluding hydrogens is 556 g/mol. The number of rotatable bonds is 11. The maximum atomic E-state index is 13.9. The summed E-state index contributed by atoms with van der Waals surface area (Å²) in [6.07, 6.45) is 0.272. The number of nitrogens with zero attached hydrogens (tertiary/aromatic N) is 3. The van der Waals surface area contributed by atoms with Gasteiger partial charge in [-0.2, -0.15) is 12.7 Å². The first-order valence-corrected chi connectivity index (χ1v) is 13.9. The van der Waals surface area contributed by atoms with Crippen LogP contribution in [0.15, 0.2) is 89.4 Å². The Morgan fingerprint density at radius 2 is 1.43 bits per heavy atom. The number of anilines is 1. The lowest BCUT2D eigenvalue weighted by molar-refractivity contribution is -0.139. The first kappa shape index (κ1) is 28.4. The molecule has 10 heteroatoms. The maximum absolute atomic E-state index is 13.9. The van der Waals surface area contributed by atoms with E-state index in [9.17, 15) is 18.0 Å². The average Bonchev–Trinajstić information content (AvgIpc) is 2.90. The van der Waals surface area contributed by atoms with E-state index in [1.165, 1.54) is 26.0 Å². The summed E-state index contributed by atoms with van der Waals surface area (Å²) in [6.45, 7) is -0.342. The average molecular weight is 588 g/mol. The first-order valence-electron chi connectivity index (χ1n) is 11.7. The van der Waals surface area contributed by atoms with Gasteiger partial charge in [-0.3, -0.25) is 9.59 Å². The van der Waals surface area contributed by atoms with Crippen LogP contribution in [0.1, 0.15) is 11.1 Å². The Kier molecular flexibility index (Phi) is 9.85. The second-order valence-electron chi connectivity index (χ2n) is 8.60. The summed E-state index contributed by atoms with van der Waals surface area (Å²) >= 11 is 3.42. The lowest BCUT2D eigenvalue weighted by atomic mass is 10.0. The fourth-order valence-corrected chi connectivity index (χ4v) is 5.14. The molecule has 37 heavy (non-hydrogen) atoms. The van der Waals surface area contributed by atoms with E-state index in [0.717, 1.165) is 24.2 Å². The molecule has 0 aliphatic rings. The molecule has 0 heterocycles. The minimum absolute atomic E-state index is 0.127. The third-order valence-electron chi connectivity index (χ3n) is 5.85. The van der Waals surface area contributed by atoms with E-state index in [2.05, 4.69) is 21.2 Å². The molecule has 1 atom stereocenters. The van der Waals surface area contributed by atoms with Crippen LogP contribution >= 0.6 is 15.9 Å². The second kappa shape index (κ2) is 12.8. The molecule has 3 aromatic carbocycles. The fourth-order valence-electron chi connectivity index (χ4n) is 3.82. The van der Waals surface area contributed by atoms with Crippen molar-refractivity contribution >= 4 is 43.6 Å².